The van der Waals surface area contributed by atoms with E-state index in [0.29, 0.717) is 13.0 Å². The fourth-order valence-electron chi connectivity index (χ4n) is 2.39. The van der Waals surface area contributed by atoms with E-state index < -0.39 is 6.10 Å². The lowest BCUT2D eigenvalue weighted by Crippen LogP contribution is -2.40. The molecule has 2 aromatic heterocycles. The minimum Gasteiger partial charge on any atom is -0.393 e. The van der Waals surface area contributed by atoms with E-state index >= 15 is 0 Å². The number of nitrogens with one attached hydrogen (secondary N) is 1. The molecule has 23 heavy (non-hydrogen) atoms. The molecule has 2 heterocycles. The largest absolute Gasteiger partial charge is 0.393 e. The van der Waals surface area contributed by atoms with E-state index in [9.17, 15) is 9.90 Å². The van der Waals surface area contributed by atoms with E-state index in [0.717, 1.165) is 24.3 Å². The molecule has 2 rings (SSSR count). The molecule has 0 spiro atoms. The van der Waals surface area contributed by atoms with E-state index in [1.54, 1.807) is 18.9 Å². The van der Waals surface area contributed by atoms with Gasteiger partial charge in [-0.2, -0.15) is 0 Å². The Hall–Kier alpha value is -2.15. The molecule has 2 aromatic rings. The number of fused-ring (bicyclic) bond motifs is 1. The molecule has 0 aliphatic rings. The van der Waals surface area contributed by atoms with Crippen molar-refractivity contribution in [3.63, 3.8) is 0 Å². The number of aliphatic hydroxyl groups is 1. The van der Waals surface area contributed by atoms with Crippen molar-refractivity contribution in [3.05, 3.63) is 30.2 Å². The van der Waals surface area contributed by atoms with Gasteiger partial charge in [0.1, 0.15) is 0 Å². The Kier molecular flexibility index (Phi) is 5.92. The summed E-state index contributed by atoms with van der Waals surface area (Å²) in [6.45, 7) is 4.29. The molecular weight excluding hydrogens is 294 g/mol. The highest BCUT2D eigenvalue weighted by atomic mass is 16.3. The fraction of sp³-hybridized carbons (Fsp3) is 0.562. The molecule has 2 unspecified atom stereocenters. The summed E-state index contributed by atoms with van der Waals surface area (Å²) in [7, 11) is 1.72. The van der Waals surface area contributed by atoms with Crippen LogP contribution in [0.3, 0.4) is 0 Å². The third kappa shape index (κ3) is 4.41. The number of pyridine rings is 1. The second-order valence-corrected chi connectivity index (χ2v) is 5.84. The van der Waals surface area contributed by atoms with Crippen LogP contribution in [0.2, 0.25) is 0 Å². The minimum absolute atomic E-state index is 0.170. The van der Waals surface area contributed by atoms with Crippen molar-refractivity contribution in [2.75, 3.05) is 13.6 Å². The van der Waals surface area contributed by atoms with Crippen LogP contribution in [-0.2, 0) is 0 Å². The maximum absolute atomic E-state index is 12.3. The Morgan fingerprint density at radius 2 is 2.17 bits per heavy atom. The summed E-state index contributed by atoms with van der Waals surface area (Å²) >= 11 is 0. The van der Waals surface area contributed by atoms with Gasteiger partial charge in [-0.25, -0.2) is 4.79 Å². The van der Waals surface area contributed by atoms with Gasteiger partial charge >= 0.3 is 6.03 Å². The van der Waals surface area contributed by atoms with E-state index in [-0.39, 0.29) is 12.1 Å². The Bertz CT molecular complexity index is 640. The summed E-state index contributed by atoms with van der Waals surface area (Å²) in [4.78, 5) is 13.9. The SMILES string of the molecule is CCCC(NC(=O)N(C)CCC(C)O)c1nnc2ccccn12. The van der Waals surface area contributed by atoms with Gasteiger partial charge in [0, 0.05) is 19.8 Å². The number of aromatic nitrogens is 3. The monoisotopic (exact) mass is 319 g/mol. The topological polar surface area (TPSA) is 82.8 Å². The van der Waals surface area contributed by atoms with Crippen LogP contribution in [0.1, 0.15) is 45.0 Å². The van der Waals surface area contributed by atoms with Gasteiger partial charge < -0.3 is 15.3 Å². The minimum atomic E-state index is -0.419. The normalized spacial score (nSPS) is 13.7. The quantitative estimate of drug-likeness (QED) is 0.817. The zero-order valence-electron chi connectivity index (χ0n) is 13.9. The van der Waals surface area contributed by atoms with Crippen molar-refractivity contribution in [1.82, 2.24) is 24.8 Å². The van der Waals surface area contributed by atoms with Crippen molar-refractivity contribution in [3.8, 4) is 0 Å². The lowest BCUT2D eigenvalue weighted by atomic mass is 10.1. The molecule has 2 amide bonds. The van der Waals surface area contributed by atoms with Gasteiger partial charge in [-0.15, -0.1) is 10.2 Å². The van der Waals surface area contributed by atoms with Crippen LogP contribution in [0.25, 0.3) is 5.65 Å². The number of urea groups is 1. The molecule has 0 fully saturated rings. The highest BCUT2D eigenvalue weighted by Gasteiger charge is 2.21. The molecule has 0 radical (unpaired) electrons. The standard InChI is InChI=1S/C16H25N5O2/c1-4-7-13(17-16(23)20(3)11-9-12(2)22)15-19-18-14-8-5-6-10-21(14)15/h5-6,8,10,12-13,22H,4,7,9,11H2,1-3H3,(H,17,23). The molecule has 0 aliphatic heterocycles. The summed E-state index contributed by atoms with van der Waals surface area (Å²) in [5.74, 6) is 0.736. The highest BCUT2D eigenvalue weighted by molar-refractivity contribution is 5.74. The zero-order chi connectivity index (χ0) is 16.8. The lowest BCUT2D eigenvalue weighted by Gasteiger charge is -2.23. The first kappa shape index (κ1) is 17.2. The summed E-state index contributed by atoms with van der Waals surface area (Å²) in [6.07, 6.45) is 3.74. The predicted molar refractivity (Wildman–Crippen MR) is 88.1 cm³/mol. The summed E-state index contributed by atoms with van der Waals surface area (Å²) in [5.41, 5.74) is 0.764. The third-order valence-corrected chi connectivity index (χ3v) is 3.76. The van der Waals surface area contributed by atoms with Gasteiger partial charge in [-0.05, 0) is 31.9 Å². The average Bonchev–Trinajstić information content (AvgIpc) is 2.96. The number of hydrogen-bond acceptors (Lipinski definition) is 4. The Labute approximate surface area is 136 Å². The molecule has 2 N–H and O–H groups in total. The number of carbonyl (C=O) groups is 1. The van der Waals surface area contributed by atoms with Crippen molar-refractivity contribution in [2.24, 2.45) is 0 Å². The molecule has 0 aromatic carbocycles. The molecule has 2 atom stereocenters. The molecule has 7 heteroatoms. The third-order valence-electron chi connectivity index (χ3n) is 3.76. The van der Waals surface area contributed by atoms with Crippen LogP contribution in [0.4, 0.5) is 4.79 Å². The molecule has 0 saturated heterocycles. The highest BCUT2D eigenvalue weighted by Crippen LogP contribution is 2.18. The van der Waals surface area contributed by atoms with Gasteiger partial charge in [0.25, 0.3) is 0 Å². The summed E-state index contributed by atoms with van der Waals surface area (Å²) in [5, 5.41) is 20.7. The van der Waals surface area contributed by atoms with Crippen molar-refractivity contribution in [2.45, 2.75) is 45.3 Å². The zero-order valence-corrected chi connectivity index (χ0v) is 13.9. The number of nitrogens with zero attached hydrogens (tertiary/aromatic N) is 4. The number of carbonyl (C=O) groups excluding carboxylic acids is 1. The second kappa shape index (κ2) is 7.92. The molecular formula is C16H25N5O2. The smallest absolute Gasteiger partial charge is 0.317 e. The van der Waals surface area contributed by atoms with E-state index in [1.165, 1.54) is 0 Å². The van der Waals surface area contributed by atoms with Crippen LogP contribution >= 0.6 is 0 Å². The lowest BCUT2D eigenvalue weighted by molar-refractivity contribution is 0.162. The van der Waals surface area contributed by atoms with Gasteiger partial charge in [0.05, 0.1) is 12.1 Å². The first-order chi connectivity index (χ1) is 11.0. The summed E-state index contributed by atoms with van der Waals surface area (Å²) in [6, 6.07) is 5.34. The maximum Gasteiger partial charge on any atom is 0.317 e. The van der Waals surface area contributed by atoms with Crippen LogP contribution in [0.5, 0.6) is 0 Å². The number of amides is 2. The van der Waals surface area contributed by atoms with E-state index in [4.69, 9.17) is 0 Å². The predicted octanol–water partition coefficient (Wildman–Crippen LogP) is 1.98. The number of aliphatic hydroxyl groups excluding tert-OH is 1. The van der Waals surface area contributed by atoms with Crippen molar-refractivity contribution < 1.29 is 9.90 Å². The van der Waals surface area contributed by atoms with E-state index in [2.05, 4.69) is 22.4 Å². The van der Waals surface area contributed by atoms with Crippen molar-refractivity contribution >= 4 is 11.7 Å². The second-order valence-electron chi connectivity index (χ2n) is 5.84. The van der Waals surface area contributed by atoms with Crippen LogP contribution in [0.15, 0.2) is 24.4 Å². The number of rotatable bonds is 7. The van der Waals surface area contributed by atoms with Gasteiger partial charge in [0.2, 0.25) is 0 Å². The Balaban J connectivity index is 2.11. The van der Waals surface area contributed by atoms with Gasteiger partial charge in [0.15, 0.2) is 11.5 Å². The summed E-state index contributed by atoms with van der Waals surface area (Å²) < 4.78 is 1.90. The van der Waals surface area contributed by atoms with Crippen LogP contribution in [0, 0.1) is 0 Å². The maximum atomic E-state index is 12.3. The van der Waals surface area contributed by atoms with Gasteiger partial charge in [-0.1, -0.05) is 19.4 Å². The van der Waals surface area contributed by atoms with Crippen LogP contribution in [-0.4, -0.2) is 50.3 Å². The van der Waals surface area contributed by atoms with Crippen molar-refractivity contribution in [1.29, 1.82) is 0 Å². The fourth-order valence-corrected chi connectivity index (χ4v) is 2.39. The molecule has 0 bridgehead atoms. The first-order valence-electron chi connectivity index (χ1n) is 8.02. The average molecular weight is 319 g/mol. The first-order valence-corrected chi connectivity index (χ1v) is 8.02. The molecule has 0 aliphatic carbocycles. The Morgan fingerprint density at radius 1 is 1.39 bits per heavy atom. The molecule has 126 valence electrons. The molecule has 7 nitrogen and oxygen atoms in total. The molecule has 0 saturated carbocycles. The Morgan fingerprint density at radius 3 is 2.87 bits per heavy atom. The van der Waals surface area contributed by atoms with Gasteiger partial charge in [-0.3, -0.25) is 4.40 Å². The van der Waals surface area contributed by atoms with Crippen LogP contribution < -0.4 is 5.32 Å². The van der Waals surface area contributed by atoms with E-state index in [1.807, 2.05) is 28.8 Å². The number of hydrogen-bond donors (Lipinski definition) is 2.